The van der Waals surface area contributed by atoms with Crippen LogP contribution in [0.4, 0.5) is 4.39 Å². The zero-order valence-corrected chi connectivity index (χ0v) is 13.0. The maximum atomic E-state index is 12.8. The number of rotatable bonds is 7. The van der Waals surface area contributed by atoms with Gasteiger partial charge in [0.15, 0.2) is 5.11 Å². The molecule has 0 bridgehead atoms. The smallest absolute Gasteiger partial charge is 0.166 e. The highest BCUT2D eigenvalue weighted by Crippen LogP contribution is 2.05. The third-order valence-corrected chi connectivity index (χ3v) is 3.13. The van der Waals surface area contributed by atoms with Crippen molar-refractivity contribution in [3.63, 3.8) is 0 Å². The van der Waals surface area contributed by atoms with Crippen molar-refractivity contribution in [3.05, 3.63) is 41.7 Å². The van der Waals surface area contributed by atoms with E-state index in [2.05, 4.69) is 30.6 Å². The third kappa shape index (κ3) is 7.24. The van der Waals surface area contributed by atoms with Gasteiger partial charge in [-0.05, 0) is 49.7 Å². The summed E-state index contributed by atoms with van der Waals surface area (Å²) in [5.41, 5.74) is 1.00. The monoisotopic (exact) mass is 294 g/mol. The minimum Gasteiger partial charge on any atom is -0.363 e. The molecule has 0 aromatic heterocycles. The third-order valence-electron chi connectivity index (χ3n) is 2.86. The summed E-state index contributed by atoms with van der Waals surface area (Å²) in [5.74, 6) is -0.208. The van der Waals surface area contributed by atoms with Gasteiger partial charge in [0.2, 0.25) is 0 Å². The maximum Gasteiger partial charge on any atom is 0.166 e. The number of unbranched alkanes of at least 4 members (excludes halogenated alkanes) is 1. The van der Waals surface area contributed by atoms with Gasteiger partial charge in [-0.1, -0.05) is 37.6 Å². The maximum absolute atomic E-state index is 12.8. The molecule has 2 nitrogen and oxygen atoms in total. The van der Waals surface area contributed by atoms with Gasteiger partial charge >= 0.3 is 0 Å². The highest BCUT2D eigenvalue weighted by Gasteiger charge is 2.01. The normalized spacial score (nSPS) is 12.3. The molecule has 1 unspecified atom stereocenters. The lowest BCUT2D eigenvalue weighted by Crippen LogP contribution is -2.40. The molecule has 0 heterocycles. The number of hydrogen-bond acceptors (Lipinski definition) is 1. The van der Waals surface area contributed by atoms with Crippen LogP contribution in [0.2, 0.25) is 0 Å². The van der Waals surface area contributed by atoms with Crippen molar-refractivity contribution in [1.82, 2.24) is 10.6 Å². The molecule has 2 N–H and O–H groups in total. The summed E-state index contributed by atoms with van der Waals surface area (Å²) < 4.78 is 12.8. The van der Waals surface area contributed by atoms with Crippen molar-refractivity contribution in [2.75, 3.05) is 6.54 Å². The molecule has 0 aliphatic rings. The Balaban J connectivity index is 2.26. The first-order valence-electron chi connectivity index (χ1n) is 7.08. The lowest BCUT2D eigenvalue weighted by atomic mass is 10.1. The molecule has 0 spiro atoms. The largest absolute Gasteiger partial charge is 0.363 e. The Morgan fingerprint density at radius 3 is 2.70 bits per heavy atom. The highest BCUT2D eigenvalue weighted by molar-refractivity contribution is 7.80. The first kappa shape index (κ1) is 16.6. The van der Waals surface area contributed by atoms with Crippen molar-refractivity contribution in [2.24, 2.45) is 0 Å². The van der Waals surface area contributed by atoms with Gasteiger partial charge in [-0.3, -0.25) is 0 Å². The number of thiocarbonyl (C=S) groups is 1. The van der Waals surface area contributed by atoms with Crippen LogP contribution in [-0.2, 0) is 0 Å². The number of halogens is 1. The van der Waals surface area contributed by atoms with E-state index in [-0.39, 0.29) is 11.9 Å². The molecule has 0 aliphatic carbocycles. The summed E-state index contributed by atoms with van der Waals surface area (Å²) in [6.45, 7) is 5.16. The molecule has 110 valence electrons. The average molecular weight is 294 g/mol. The summed E-state index contributed by atoms with van der Waals surface area (Å²) in [7, 11) is 0. The standard InChI is InChI=1S/C16H23FN2S/c1-3-4-12-18-16(20)19-13(2)6-5-7-14-8-10-15(17)11-9-14/h5,7-11,13H,3-4,6,12H2,1-2H3,(H2,18,19,20). The van der Waals surface area contributed by atoms with Gasteiger partial charge in [-0.25, -0.2) is 4.39 Å². The fraction of sp³-hybridized carbons (Fsp3) is 0.438. The minimum atomic E-state index is -0.208. The van der Waals surface area contributed by atoms with E-state index < -0.39 is 0 Å². The summed E-state index contributed by atoms with van der Waals surface area (Å²) in [5, 5.41) is 7.14. The molecule has 0 saturated carbocycles. The van der Waals surface area contributed by atoms with E-state index in [9.17, 15) is 4.39 Å². The van der Waals surface area contributed by atoms with E-state index in [1.54, 1.807) is 12.1 Å². The number of benzene rings is 1. The van der Waals surface area contributed by atoms with Crippen LogP contribution in [0.3, 0.4) is 0 Å². The van der Waals surface area contributed by atoms with Gasteiger partial charge in [0, 0.05) is 12.6 Å². The Morgan fingerprint density at radius 2 is 2.05 bits per heavy atom. The average Bonchev–Trinajstić information content (AvgIpc) is 2.41. The summed E-state index contributed by atoms with van der Waals surface area (Å²) in [6.07, 6.45) is 7.21. The molecule has 4 heteroatoms. The topological polar surface area (TPSA) is 24.1 Å². The molecule has 20 heavy (non-hydrogen) atoms. The Bertz CT molecular complexity index is 429. The summed E-state index contributed by atoms with van der Waals surface area (Å²) in [6, 6.07) is 6.73. The second kappa shape index (κ2) is 9.48. The predicted octanol–water partition coefficient (Wildman–Crippen LogP) is 3.88. The molecule has 0 fully saturated rings. The fourth-order valence-electron chi connectivity index (χ4n) is 1.69. The van der Waals surface area contributed by atoms with Gasteiger partial charge in [-0.2, -0.15) is 0 Å². The first-order valence-corrected chi connectivity index (χ1v) is 7.49. The molecule has 1 rings (SSSR count). The molecule has 0 aliphatic heterocycles. The zero-order valence-electron chi connectivity index (χ0n) is 12.2. The van der Waals surface area contributed by atoms with Crippen molar-refractivity contribution in [1.29, 1.82) is 0 Å². The van der Waals surface area contributed by atoms with E-state index in [4.69, 9.17) is 12.2 Å². The molecule has 0 radical (unpaired) electrons. The van der Waals surface area contributed by atoms with Crippen LogP contribution >= 0.6 is 12.2 Å². The van der Waals surface area contributed by atoms with Crippen molar-refractivity contribution < 1.29 is 4.39 Å². The van der Waals surface area contributed by atoms with E-state index in [1.807, 2.05) is 6.08 Å². The van der Waals surface area contributed by atoms with Gasteiger partial charge in [0.25, 0.3) is 0 Å². The van der Waals surface area contributed by atoms with Gasteiger partial charge in [-0.15, -0.1) is 0 Å². The van der Waals surface area contributed by atoms with Gasteiger partial charge in [0.1, 0.15) is 5.82 Å². The first-order chi connectivity index (χ1) is 9.61. The Labute approximate surface area is 126 Å². The van der Waals surface area contributed by atoms with E-state index >= 15 is 0 Å². The van der Waals surface area contributed by atoms with E-state index in [0.717, 1.165) is 31.4 Å². The second-order valence-electron chi connectivity index (χ2n) is 4.84. The van der Waals surface area contributed by atoms with Crippen LogP contribution in [0.15, 0.2) is 30.3 Å². The number of hydrogen-bond donors (Lipinski definition) is 2. The van der Waals surface area contributed by atoms with E-state index in [1.165, 1.54) is 12.1 Å². The summed E-state index contributed by atoms with van der Waals surface area (Å²) >= 11 is 5.21. The lowest BCUT2D eigenvalue weighted by Gasteiger charge is -2.15. The quantitative estimate of drug-likeness (QED) is 0.589. The van der Waals surface area contributed by atoms with Crippen molar-refractivity contribution in [2.45, 2.75) is 39.2 Å². The van der Waals surface area contributed by atoms with Crippen molar-refractivity contribution >= 4 is 23.4 Å². The minimum absolute atomic E-state index is 0.208. The molecule has 0 saturated heterocycles. The van der Waals surface area contributed by atoms with Crippen LogP contribution in [-0.4, -0.2) is 17.7 Å². The second-order valence-corrected chi connectivity index (χ2v) is 5.25. The molecule has 1 aromatic rings. The fourth-order valence-corrected chi connectivity index (χ4v) is 2.00. The molecule has 1 aromatic carbocycles. The Hall–Kier alpha value is -1.42. The molecule has 1 atom stereocenters. The van der Waals surface area contributed by atoms with Crippen LogP contribution in [0.25, 0.3) is 6.08 Å². The van der Waals surface area contributed by atoms with Crippen molar-refractivity contribution in [3.8, 4) is 0 Å². The van der Waals surface area contributed by atoms with Gasteiger partial charge in [0.05, 0.1) is 0 Å². The lowest BCUT2D eigenvalue weighted by molar-refractivity contribution is 0.627. The van der Waals surface area contributed by atoms with Crippen LogP contribution in [0.1, 0.15) is 38.7 Å². The van der Waals surface area contributed by atoms with Crippen LogP contribution < -0.4 is 10.6 Å². The van der Waals surface area contributed by atoms with E-state index in [0.29, 0.717) is 5.11 Å². The van der Waals surface area contributed by atoms with Crippen LogP contribution in [0, 0.1) is 5.82 Å². The molecular formula is C16H23FN2S. The number of nitrogens with one attached hydrogen (secondary N) is 2. The Kier molecular flexibility index (Phi) is 7.88. The molecule has 0 amide bonds. The van der Waals surface area contributed by atoms with Gasteiger partial charge < -0.3 is 10.6 Å². The molecular weight excluding hydrogens is 271 g/mol. The highest BCUT2D eigenvalue weighted by atomic mass is 32.1. The predicted molar refractivity (Wildman–Crippen MR) is 88.2 cm³/mol. The Morgan fingerprint density at radius 1 is 1.35 bits per heavy atom. The van der Waals surface area contributed by atoms with Crippen LogP contribution in [0.5, 0.6) is 0 Å². The summed E-state index contributed by atoms with van der Waals surface area (Å²) in [4.78, 5) is 0. The SMILES string of the molecule is CCCCNC(=S)NC(C)CC=Cc1ccc(F)cc1. The zero-order chi connectivity index (χ0) is 14.8.